The molecule has 1 fully saturated rings. The first-order valence-electron chi connectivity index (χ1n) is 3.56. The van der Waals surface area contributed by atoms with Crippen molar-refractivity contribution < 1.29 is 25.2 Å². The number of hydrogen-bond acceptors (Lipinski definition) is 6. The molecule has 4 N–H and O–H groups in total. The maximum Gasteiger partial charge on any atom is 0.129 e. The quantitative estimate of drug-likeness (QED) is 0.305. The highest BCUT2D eigenvalue weighted by Gasteiger charge is 2.41. The maximum atomic E-state index is 9.20. The average Bonchev–Trinajstić information content (AvgIpc) is 2.08. The lowest BCUT2D eigenvalue weighted by Crippen LogP contribution is -2.56. The van der Waals surface area contributed by atoms with E-state index in [1.807, 2.05) is 0 Å². The molecule has 0 saturated carbocycles. The summed E-state index contributed by atoms with van der Waals surface area (Å²) in [6.45, 7) is -0.415. The Kier molecular flexibility index (Phi) is 3.33. The molecule has 0 aromatic rings. The first-order chi connectivity index (χ1) is 5.57. The summed E-state index contributed by atoms with van der Waals surface area (Å²) < 4.78 is 4.88. The van der Waals surface area contributed by atoms with Gasteiger partial charge in [0.2, 0.25) is 0 Å². The summed E-state index contributed by atoms with van der Waals surface area (Å²) in [5.74, 6) is 0. The van der Waals surface area contributed by atoms with Crippen LogP contribution in [0.1, 0.15) is 0 Å². The maximum absolute atomic E-state index is 9.20. The Morgan fingerprint density at radius 2 is 1.67 bits per heavy atom. The number of hydrogen-bond donors (Lipinski definition) is 5. The summed E-state index contributed by atoms with van der Waals surface area (Å²) in [5, 5.41) is 36.2. The molecule has 0 aliphatic carbocycles. The van der Waals surface area contributed by atoms with Crippen molar-refractivity contribution in [2.75, 3.05) is 6.61 Å². The fourth-order valence-electron chi connectivity index (χ4n) is 1.08. The lowest BCUT2D eigenvalue weighted by molar-refractivity contribution is -0.205. The summed E-state index contributed by atoms with van der Waals surface area (Å²) in [6.07, 6.45) is -4.70. The molecule has 1 unspecified atom stereocenters. The molecular weight excluding hydrogens is 184 g/mol. The van der Waals surface area contributed by atoms with Gasteiger partial charge in [-0.05, 0) is 0 Å². The zero-order valence-corrected chi connectivity index (χ0v) is 7.13. The molecule has 72 valence electrons. The van der Waals surface area contributed by atoms with Crippen LogP contribution in [0.5, 0.6) is 0 Å². The molecule has 12 heavy (non-hydrogen) atoms. The van der Waals surface area contributed by atoms with Crippen molar-refractivity contribution >= 4 is 12.6 Å². The fraction of sp³-hybridized carbons (Fsp3) is 1.00. The van der Waals surface area contributed by atoms with E-state index in [2.05, 4.69) is 12.6 Å². The Labute approximate surface area is 75.0 Å². The van der Waals surface area contributed by atoms with Gasteiger partial charge in [-0.1, -0.05) is 0 Å². The van der Waals surface area contributed by atoms with Crippen molar-refractivity contribution in [2.24, 2.45) is 0 Å². The minimum atomic E-state index is -1.32. The minimum Gasteiger partial charge on any atom is -0.394 e. The molecule has 0 amide bonds. The Balaban J connectivity index is 2.63. The van der Waals surface area contributed by atoms with E-state index in [1.165, 1.54) is 0 Å². The number of aliphatic hydroxyl groups excluding tert-OH is 4. The van der Waals surface area contributed by atoms with E-state index < -0.39 is 36.5 Å². The van der Waals surface area contributed by atoms with E-state index in [-0.39, 0.29) is 0 Å². The highest BCUT2D eigenvalue weighted by atomic mass is 32.1. The summed E-state index contributed by atoms with van der Waals surface area (Å²) in [7, 11) is 0. The van der Waals surface area contributed by atoms with E-state index >= 15 is 0 Å². The van der Waals surface area contributed by atoms with Crippen molar-refractivity contribution in [1.29, 1.82) is 0 Å². The monoisotopic (exact) mass is 196 g/mol. The van der Waals surface area contributed by atoms with Gasteiger partial charge in [-0.3, -0.25) is 0 Å². The molecule has 0 bridgehead atoms. The molecule has 1 aliphatic rings. The standard InChI is InChI=1S/C6H12O5S/c7-1-2-3(8)4(9)5(10)6(12)11-2/h2-10,12H,1H2/t2-,3+,4+,5-,6?/m0/s1. The summed E-state index contributed by atoms with van der Waals surface area (Å²) in [4.78, 5) is 0. The molecule has 0 spiro atoms. The predicted molar refractivity (Wildman–Crippen MR) is 42.8 cm³/mol. The van der Waals surface area contributed by atoms with Gasteiger partial charge in [0.25, 0.3) is 0 Å². The third-order valence-corrected chi connectivity index (χ3v) is 2.29. The van der Waals surface area contributed by atoms with Gasteiger partial charge < -0.3 is 25.2 Å². The van der Waals surface area contributed by atoms with Crippen LogP contribution in [-0.4, -0.2) is 56.9 Å². The van der Waals surface area contributed by atoms with Crippen LogP contribution in [0.15, 0.2) is 0 Å². The van der Waals surface area contributed by atoms with E-state index in [9.17, 15) is 10.2 Å². The minimum absolute atomic E-state index is 0.415. The Bertz CT molecular complexity index is 150. The normalized spacial score (nSPS) is 49.2. The second-order valence-electron chi connectivity index (χ2n) is 2.72. The fourth-order valence-corrected chi connectivity index (χ4v) is 1.41. The Hall–Kier alpha value is 0.150. The van der Waals surface area contributed by atoms with Crippen LogP contribution in [0.25, 0.3) is 0 Å². The van der Waals surface area contributed by atoms with Gasteiger partial charge in [-0.25, -0.2) is 0 Å². The smallest absolute Gasteiger partial charge is 0.129 e. The van der Waals surface area contributed by atoms with Crippen LogP contribution in [0.2, 0.25) is 0 Å². The summed E-state index contributed by atoms with van der Waals surface area (Å²) >= 11 is 3.81. The highest BCUT2D eigenvalue weighted by molar-refractivity contribution is 7.80. The van der Waals surface area contributed by atoms with Crippen LogP contribution < -0.4 is 0 Å². The van der Waals surface area contributed by atoms with Crippen molar-refractivity contribution in [3.05, 3.63) is 0 Å². The zero-order chi connectivity index (χ0) is 9.30. The van der Waals surface area contributed by atoms with E-state index in [0.717, 1.165) is 0 Å². The van der Waals surface area contributed by atoms with Gasteiger partial charge in [-0.15, -0.1) is 12.6 Å². The van der Waals surface area contributed by atoms with Gasteiger partial charge in [0.05, 0.1) is 6.61 Å². The molecule has 1 heterocycles. The van der Waals surface area contributed by atoms with Gasteiger partial charge >= 0.3 is 0 Å². The third kappa shape index (κ3) is 1.73. The van der Waals surface area contributed by atoms with E-state index in [1.54, 1.807) is 0 Å². The van der Waals surface area contributed by atoms with Gasteiger partial charge in [0, 0.05) is 0 Å². The molecule has 5 atom stereocenters. The zero-order valence-electron chi connectivity index (χ0n) is 6.24. The van der Waals surface area contributed by atoms with Crippen molar-refractivity contribution in [1.82, 2.24) is 0 Å². The average molecular weight is 196 g/mol. The van der Waals surface area contributed by atoms with E-state index in [0.29, 0.717) is 0 Å². The van der Waals surface area contributed by atoms with Crippen molar-refractivity contribution in [3.8, 4) is 0 Å². The molecule has 1 rings (SSSR count). The summed E-state index contributed by atoms with van der Waals surface area (Å²) in [6, 6.07) is 0. The molecule has 6 heteroatoms. The molecule has 1 saturated heterocycles. The SMILES string of the molecule is OC[C@@H]1OC(S)[C@@H](O)[C@H](O)[C@@H]1O. The van der Waals surface area contributed by atoms with E-state index in [4.69, 9.17) is 14.9 Å². The topological polar surface area (TPSA) is 90.2 Å². The van der Waals surface area contributed by atoms with Crippen molar-refractivity contribution in [3.63, 3.8) is 0 Å². The van der Waals surface area contributed by atoms with Crippen molar-refractivity contribution in [2.45, 2.75) is 29.9 Å². The van der Waals surface area contributed by atoms with Gasteiger partial charge in [0.1, 0.15) is 29.9 Å². The summed E-state index contributed by atoms with van der Waals surface area (Å²) in [5.41, 5.74) is -0.874. The van der Waals surface area contributed by atoms with Crippen LogP contribution in [0, 0.1) is 0 Å². The third-order valence-electron chi connectivity index (χ3n) is 1.87. The first kappa shape index (κ1) is 10.2. The lowest BCUT2D eigenvalue weighted by Gasteiger charge is -2.37. The second-order valence-corrected chi connectivity index (χ2v) is 3.23. The number of rotatable bonds is 1. The largest absolute Gasteiger partial charge is 0.394 e. The highest BCUT2D eigenvalue weighted by Crippen LogP contribution is 2.22. The number of aliphatic hydroxyl groups is 4. The molecular formula is C6H12O5S. The molecule has 1 aliphatic heterocycles. The van der Waals surface area contributed by atoms with Crippen LogP contribution in [0.4, 0.5) is 0 Å². The number of ether oxygens (including phenoxy) is 1. The first-order valence-corrected chi connectivity index (χ1v) is 4.08. The molecule has 5 nitrogen and oxygen atoms in total. The van der Waals surface area contributed by atoms with Crippen LogP contribution in [-0.2, 0) is 4.74 Å². The molecule has 0 aromatic heterocycles. The van der Waals surface area contributed by atoms with Gasteiger partial charge in [0.15, 0.2) is 0 Å². The number of thiol groups is 1. The van der Waals surface area contributed by atoms with Crippen LogP contribution >= 0.6 is 12.6 Å². The predicted octanol–water partition coefficient (Wildman–Crippen LogP) is -2.28. The lowest BCUT2D eigenvalue weighted by atomic mass is 10.0. The Morgan fingerprint density at radius 3 is 2.17 bits per heavy atom. The molecule has 0 aromatic carbocycles. The van der Waals surface area contributed by atoms with Crippen LogP contribution in [0.3, 0.4) is 0 Å². The Morgan fingerprint density at radius 1 is 1.08 bits per heavy atom. The molecule has 0 radical (unpaired) electrons. The van der Waals surface area contributed by atoms with Gasteiger partial charge in [-0.2, -0.15) is 0 Å². The second kappa shape index (κ2) is 3.91.